The van der Waals surface area contributed by atoms with Crippen LogP contribution >= 0.6 is 0 Å². The number of aromatic nitrogens is 2. The monoisotopic (exact) mass is 328 g/mol. The highest BCUT2D eigenvalue weighted by molar-refractivity contribution is 5.89. The Hall–Kier alpha value is -3.49. The van der Waals surface area contributed by atoms with Gasteiger partial charge < -0.3 is 16.0 Å². The zero-order valence-electron chi connectivity index (χ0n) is 12.9. The predicted octanol–water partition coefficient (Wildman–Crippen LogP) is 2.68. The maximum atomic E-state index is 11.3. The average Bonchev–Trinajstić information content (AvgIpc) is 2.54. The molecule has 0 saturated heterocycles. The Morgan fingerprint density at radius 2 is 1.88 bits per heavy atom. The second-order valence-electron chi connectivity index (χ2n) is 4.73. The Morgan fingerprint density at radius 3 is 2.46 bits per heavy atom. The maximum Gasteiger partial charge on any atom is 0.353 e. The first kappa shape index (κ1) is 16.9. The van der Waals surface area contributed by atoms with Gasteiger partial charge in [0.2, 0.25) is 17.5 Å². The summed E-state index contributed by atoms with van der Waals surface area (Å²) >= 11 is 0. The third-order valence-electron chi connectivity index (χ3n) is 2.89. The number of rotatable bonds is 7. The molecule has 0 aliphatic heterocycles. The highest BCUT2D eigenvalue weighted by Crippen LogP contribution is 2.31. The van der Waals surface area contributed by atoms with E-state index in [1.54, 1.807) is 30.3 Å². The van der Waals surface area contributed by atoms with Crippen LogP contribution in [0.5, 0.6) is 0 Å². The molecule has 0 aliphatic carbocycles. The first-order valence-corrected chi connectivity index (χ1v) is 7.00. The van der Waals surface area contributed by atoms with Gasteiger partial charge in [0.1, 0.15) is 6.33 Å². The molecule has 0 spiro atoms. The smallest absolute Gasteiger partial charge is 0.353 e. The molecule has 0 radical (unpaired) electrons. The zero-order chi connectivity index (χ0) is 17.5. The van der Waals surface area contributed by atoms with Crippen molar-refractivity contribution >= 4 is 34.6 Å². The molecule has 0 bridgehead atoms. The van der Waals surface area contributed by atoms with Crippen LogP contribution in [0.25, 0.3) is 0 Å². The lowest BCUT2D eigenvalue weighted by Crippen LogP contribution is -2.08. The molecule has 0 saturated carbocycles. The molecule has 24 heavy (non-hydrogen) atoms. The topological polar surface area (TPSA) is 122 Å². The van der Waals surface area contributed by atoms with Crippen LogP contribution in [0.4, 0.5) is 28.7 Å². The van der Waals surface area contributed by atoms with E-state index in [4.69, 9.17) is 0 Å². The number of nitro groups is 1. The third-order valence-corrected chi connectivity index (χ3v) is 2.89. The summed E-state index contributed by atoms with van der Waals surface area (Å²) in [5.41, 5.74) is 0.949. The van der Waals surface area contributed by atoms with Crippen molar-refractivity contribution in [1.82, 2.24) is 9.97 Å². The Labute approximate surface area is 138 Å². The lowest BCUT2D eigenvalue weighted by atomic mass is 10.2. The van der Waals surface area contributed by atoms with Gasteiger partial charge in [-0.1, -0.05) is 6.08 Å². The Balaban J connectivity index is 2.26. The van der Waals surface area contributed by atoms with Gasteiger partial charge >= 0.3 is 5.69 Å². The predicted molar refractivity (Wildman–Crippen MR) is 91.4 cm³/mol. The van der Waals surface area contributed by atoms with E-state index in [9.17, 15) is 14.9 Å². The van der Waals surface area contributed by atoms with Gasteiger partial charge in [-0.05, 0) is 24.3 Å². The number of anilines is 4. The molecule has 0 unspecified atom stereocenters. The van der Waals surface area contributed by atoms with Crippen LogP contribution in [0.3, 0.4) is 0 Å². The molecule has 9 nitrogen and oxygen atoms in total. The summed E-state index contributed by atoms with van der Waals surface area (Å²) in [5, 5.41) is 19.7. The summed E-state index contributed by atoms with van der Waals surface area (Å²) < 4.78 is 0. The highest BCUT2D eigenvalue weighted by Gasteiger charge is 2.22. The molecule has 9 heteroatoms. The van der Waals surface area contributed by atoms with Gasteiger partial charge in [0.15, 0.2) is 0 Å². The molecule has 124 valence electrons. The van der Waals surface area contributed by atoms with Gasteiger partial charge in [0.25, 0.3) is 0 Å². The molecular weight excluding hydrogens is 312 g/mol. The molecule has 3 N–H and O–H groups in total. The highest BCUT2D eigenvalue weighted by atomic mass is 16.6. The molecule has 1 aromatic carbocycles. The fourth-order valence-corrected chi connectivity index (χ4v) is 1.92. The van der Waals surface area contributed by atoms with E-state index in [1.165, 1.54) is 13.3 Å². The quantitative estimate of drug-likeness (QED) is 0.406. The lowest BCUT2D eigenvalue weighted by Gasteiger charge is -2.10. The number of hydrogen-bond donors (Lipinski definition) is 3. The Morgan fingerprint density at radius 1 is 1.25 bits per heavy atom. The van der Waals surface area contributed by atoms with E-state index >= 15 is 0 Å². The molecule has 1 aromatic heterocycles. The van der Waals surface area contributed by atoms with Crippen LogP contribution in [0.1, 0.15) is 6.92 Å². The maximum absolute atomic E-state index is 11.3. The molecule has 1 heterocycles. The van der Waals surface area contributed by atoms with Crippen LogP contribution in [0, 0.1) is 10.1 Å². The van der Waals surface area contributed by atoms with Crippen LogP contribution in [-0.2, 0) is 4.79 Å². The van der Waals surface area contributed by atoms with Crippen LogP contribution in [-0.4, -0.2) is 27.3 Å². The van der Waals surface area contributed by atoms with Crippen molar-refractivity contribution in [2.24, 2.45) is 0 Å². The second kappa shape index (κ2) is 7.68. The lowest BCUT2D eigenvalue weighted by molar-refractivity contribution is -0.383. The van der Waals surface area contributed by atoms with Crippen LogP contribution in [0.15, 0.2) is 43.2 Å². The van der Waals surface area contributed by atoms with Gasteiger partial charge in [-0.3, -0.25) is 14.9 Å². The summed E-state index contributed by atoms with van der Waals surface area (Å²) in [4.78, 5) is 29.6. The standard InChI is InChI=1S/C15H16N6O3/c1-3-8-16-14-13(21(23)24)15(18-9-17-14)20-12-6-4-11(5-7-12)19-10(2)22/h3-7,9H,1,8H2,2H3,(H,19,22)(H2,16,17,18,20). The van der Waals surface area contributed by atoms with Gasteiger partial charge in [0, 0.05) is 24.8 Å². The normalized spacial score (nSPS) is 9.88. The summed E-state index contributed by atoms with van der Waals surface area (Å²) in [7, 11) is 0. The largest absolute Gasteiger partial charge is 0.361 e. The molecule has 2 aromatic rings. The van der Waals surface area contributed by atoms with Gasteiger partial charge in [0.05, 0.1) is 4.92 Å². The van der Waals surface area contributed by atoms with E-state index < -0.39 is 4.92 Å². The van der Waals surface area contributed by atoms with E-state index in [0.717, 1.165) is 0 Å². The van der Waals surface area contributed by atoms with Crippen molar-refractivity contribution in [3.8, 4) is 0 Å². The first-order chi connectivity index (χ1) is 11.5. The minimum absolute atomic E-state index is 0.0637. The van der Waals surface area contributed by atoms with Crippen molar-refractivity contribution in [3.63, 3.8) is 0 Å². The van der Waals surface area contributed by atoms with Gasteiger partial charge in [-0.15, -0.1) is 6.58 Å². The minimum atomic E-state index is -0.556. The van der Waals surface area contributed by atoms with Crippen molar-refractivity contribution in [3.05, 3.63) is 53.4 Å². The Bertz CT molecular complexity index is 760. The van der Waals surface area contributed by atoms with E-state index in [0.29, 0.717) is 17.9 Å². The van der Waals surface area contributed by atoms with Gasteiger partial charge in [-0.25, -0.2) is 9.97 Å². The summed E-state index contributed by atoms with van der Waals surface area (Å²) in [6, 6.07) is 6.70. The first-order valence-electron chi connectivity index (χ1n) is 7.00. The average molecular weight is 328 g/mol. The SMILES string of the molecule is C=CCNc1ncnc(Nc2ccc(NC(C)=O)cc2)c1[N+](=O)[O-]. The van der Waals surface area contributed by atoms with Crippen LogP contribution < -0.4 is 16.0 Å². The summed E-state index contributed by atoms with van der Waals surface area (Å²) in [6.07, 6.45) is 2.80. The zero-order valence-corrected chi connectivity index (χ0v) is 12.9. The minimum Gasteiger partial charge on any atom is -0.361 e. The molecule has 1 amide bonds. The third kappa shape index (κ3) is 4.26. The van der Waals surface area contributed by atoms with Crippen LogP contribution in [0.2, 0.25) is 0 Å². The van der Waals surface area contributed by atoms with E-state index in [1.807, 2.05) is 0 Å². The van der Waals surface area contributed by atoms with E-state index in [2.05, 4.69) is 32.5 Å². The number of hydrogen-bond acceptors (Lipinski definition) is 7. The second-order valence-corrected chi connectivity index (χ2v) is 4.73. The fourth-order valence-electron chi connectivity index (χ4n) is 1.92. The van der Waals surface area contributed by atoms with Crippen molar-refractivity contribution in [2.45, 2.75) is 6.92 Å². The number of amides is 1. The summed E-state index contributed by atoms with van der Waals surface area (Å²) in [5.74, 6) is -0.0128. The molecule has 0 aliphatic rings. The Kier molecular flexibility index (Phi) is 5.40. The number of carbonyl (C=O) groups excluding carboxylic acids is 1. The fraction of sp³-hybridized carbons (Fsp3) is 0.133. The van der Waals surface area contributed by atoms with Crippen molar-refractivity contribution < 1.29 is 9.72 Å². The van der Waals surface area contributed by atoms with Crippen molar-refractivity contribution in [2.75, 3.05) is 22.5 Å². The number of carbonyl (C=O) groups is 1. The van der Waals surface area contributed by atoms with Crippen molar-refractivity contribution in [1.29, 1.82) is 0 Å². The molecule has 0 atom stereocenters. The molecule has 2 rings (SSSR count). The van der Waals surface area contributed by atoms with E-state index in [-0.39, 0.29) is 23.2 Å². The number of nitrogens with one attached hydrogen (secondary N) is 3. The number of nitrogens with zero attached hydrogens (tertiary/aromatic N) is 3. The summed E-state index contributed by atoms with van der Waals surface area (Å²) in [6.45, 7) is 5.29. The molecule has 0 fully saturated rings. The van der Waals surface area contributed by atoms with Gasteiger partial charge in [-0.2, -0.15) is 0 Å². The molecular formula is C15H16N6O3. The number of benzene rings is 1.